The third-order valence-corrected chi connectivity index (χ3v) is 3.44. The van der Waals surface area contributed by atoms with E-state index in [4.69, 9.17) is 0 Å². The summed E-state index contributed by atoms with van der Waals surface area (Å²) in [7, 11) is 0. The van der Waals surface area contributed by atoms with Crippen LogP contribution in [0.2, 0.25) is 0 Å². The molecule has 0 saturated heterocycles. The number of aryl methyl sites for hydroxylation is 1. The molecular weight excluding hydrogens is 248 g/mol. The highest BCUT2D eigenvalue weighted by Gasteiger charge is 2.15. The molecule has 3 rings (SSSR count). The highest BCUT2D eigenvalue weighted by molar-refractivity contribution is 5.90. The van der Waals surface area contributed by atoms with Gasteiger partial charge in [0.05, 0.1) is 5.90 Å². The van der Waals surface area contributed by atoms with Gasteiger partial charge in [-0.2, -0.15) is 0 Å². The van der Waals surface area contributed by atoms with Crippen molar-refractivity contribution in [2.75, 3.05) is 6.54 Å². The Hall–Kier alpha value is -2.42. The molecule has 3 heteroatoms. The lowest BCUT2D eigenvalue weighted by molar-refractivity contribution is -0.533. The lowest BCUT2D eigenvalue weighted by Crippen LogP contribution is -2.25. The number of hydrazone groups is 1. The number of hydrogen-bond donors (Lipinski definition) is 0. The number of benzene rings is 2. The standard InChI is InChI=1S/C17H16N2O/c1-13-7-8-14-9-10-19(12-16(14)11-13)18-17(20)15-5-3-2-4-6-15/h2-8,11-12H,9-10H2,1H3. The molecule has 0 atom stereocenters. The molecule has 3 nitrogen and oxygen atoms in total. The van der Waals surface area contributed by atoms with Crippen molar-refractivity contribution >= 4 is 12.1 Å². The first-order valence-electron chi connectivity index (χ1n) is 6.74. The van der Waals surface area contributed by atoms with Crippen molar-refractivity contribution in [3.8, 4) is 0 Å². The minimum absolute atomic E-state index is 0.196. The van der Waals surface area contributed by atoms with Crippen molar-refractivity contribution in [1.29, 1.82) is 0 Å². The Balaban J connectivity index is 1.92. The summed E-state index contributed by atoms with van der Waals surface area (Å²) >= 11 is 0. The largest absolute Gasteiger partial charge is 0.854 e. The van der Waals surface area contributed by atoms with Gasteiger partial charge >= 0.3 is 0 Å². The van der Waals surface area contributed by atoms with Gasteiger partial charge in [0.15, 0.2) is 6.54 Å². The predicted molar refractivity (Wildman–Crippen MR) is 78.2 cm³/mol. The Bertz CT molecular complexity index is 687. The molecule has 2 aromatic carbocycles. The molecule has 20 heavy (non-hydrogen) atoms. The van der Waals surface area contributed by atoms with E-state index in [1.165, 1.54) is 11.1 Å². The molecule has 0 bridgehead atoms. The van der Waals surface area contributed by atoms with Crippen molar-refractivity contribution in [3.05, 3.63) is 70.8 Å². The van der Waals surface area contributed by atoms with Crippen LogP contribution in [0.5, 0.6) is 0 Å². The highest BCUT2D eigenvalue weighted by atomic mass is 16.3. The molecule has 0 aliphatic carbocycles. The maximum Gasteiger partial charge on any atom is 0.203 e. The van der Waals surface area contributed by atoms with Crippen molar-refractivity contribution in [1.82, 2.24) is 0 Å². The molecular formula is C17H16N2O. The Morgan fingerprint density at radius 1 is 1.15 bits per heavy atom. The van der Waals surface area contributed by atoms with Crippen molar-refractivity contribution < 1.29 is 9.79 Å². The van der Waals surface area contributed by atoms with E-state index < -0.39 is 0 Å². The summed E-state index contributed by atoms with van der Waals surface area (Å²) in [5.74, 6) is -0.196. The Morgan fingerprint density at radius 2 is 1.95 bits per heavy atom. The summed E-state index contributed by atoms with van der Waals surface area (Å²) in [6, 6.07) is 15.6. The van der Waals surface area contributed by atoms with Gasteiger partial charge in [0.1, 0.15) is 0 Å². The minimum atomic E-state index is -0.196. The van der Waals surface area contributed by atoms with Crippen LogP contribution in [0.4, 0.5) is 0 Å². The summed E-state index contributed by atoms with van der Waals surface area (Å²) in [4.78, 5) is 0. The fraction of sp³-hybridized carbons (Fsp3) is 0.176. The van der Waals surface area contributed by atoms with E-state index in [1.807, 2.05) is 24.4 Å². The molecule has 0 amide bonds. The van der Waals surface area contributed by atoms with Gasteiger partial charge in [-0.25, -0.2) is 0 Å². The van der Waals surface area contributed by atoms with Crippen molar-refractivity contribution in [3.63, 3.8) is 0 Å². The minimum Gasteiger partial charge on any atom is -0.854 e. The molecule has 0 unspecified atom stereocenters. The normalized spacial score (nSPS) is 14.7. The summed E-state index contributed by atoms with van der Waals surface area (Å²) in [5, 5.41) is 16.2. The van der Waals surface area contributed by atoms with Crippen LogP contribution < -0.4 is 5.11 Å². The van der Waals surface area contributed by atoms with Gasteiger partial charge < -0.3 is 5.11 Å². The SMILES string of the molecule is Cc1ccc2c(c1)C=[N+](/N=C(\[O-])c1ccccc1)CC2. The molecule has 0 N–H and O–H groups in total. The molecule has 0 spiro atoms. The molecule has 1 heterocycles. The molecule has 0 saturated carbocycles. The smallest absolute Gasteiger partial charge is 0.203 e. The Labute approximate surface area is 118 Å². The third kappa shape index (κ3) is 2.62. The van der Waals surface area contributed by atoms with E-state index in [2.05, 4.69) is 30.2 Å². The Kier molecular flexibility index (Phi) is 3.33. The first-order chi connectivity index (χ1) is 9.72. The first-order valence-corrected chi connectivity index (χ1v) is 6.74. The van der Waals surface area contributed by atoms with E-state index in [0.717, 1.165) is 18.5 Å². The van der Waals surface area contributed by atoms with Crippen LogP contribution in [0, 0.1) is 6.92 Å². The van der Waals surface area contributed by atoms with E-state index in [9.17, 15) is 5.11 Å². The van der Waals surface area contributed by atoms with Gasteiger partial charge in [-0.15, -0.1) is 0 Å². The van der Waals surface area contributed by atoms with Gasteiger partial charge in [-0.3, -0.25) is 0 Å². The second kappa shape index (κ2) is 5.29. The van der Waals surface area contributed by atoms with Crippen LogP contribution in [0.15, 0.2) is 53.6 Å². The molecule has 2 aromatic rings. The number of rotatable bonds is 2. The second-order valence-electron chi connectivity index (χ2n) is 5.02. The van der Waals surface area contributed by atoms with E-state index >= 15 is 0 Å². The fourth-order valence-electron chi connectivity index (χ4n) is 2.36. The van der Waals surface area contributed by atoms with Gasteiger partial charge in [-0.05, 0) is 29.2 Å². The van der Waals surface area contributed by atoms with Crippen LogP contribution in [-0.2, 0) is 6.42 Å². The monoisotopic (exact) mass is 264 g/mol. The van der Waals surface area contributed by atoms with Crippen LogP contribution in [0.1, 0.15) is 22.3 Å². The average molecular weight is 264 g/mol. The first kappa shape index (κ1) is 12.6. The molecule has 0 aromatic heterocycles. The number of fused-ring (bicyclic) bond motifs is 1. The Morgan fingerprint density at radius 3 is 2.75 bits per heavy atom. The predicted octanol–water partition coefficient (Wildman–Crippen LogP) is 1.70. The lowest BCUT2D eigenvalue weighted by atomic mass is 10.0. The summed E-state index contributed by atoms with van der Waals surface area (Å²) in [5.41, 5.74) is 4.31. The van der Waals surface area contributed by atoms with Crippen LogP contribution >= 0.6 is 0 Å². The highest BCUT2D eigenvalue weighted by Crippen LogP contribution is 2.14. The molecule has 100 valence electrons. The summed E-state index contributed by atoms with van der Waals surface area (Å²) < 4.78 is 1.75. The van der Waals surface area contributed by atoms with Crippen LogP contribution in [0.25, 0.3) is 0 Å². The maximum atomic E-state index is 12.1. The zero-order valence-corrected chi connectivity index (χ0v) is 11.4. The topological polar surface area (TPSA) is 38.4 Å². The van der Waals surface area contributed by atoms with E-state index in [-0.39, 0.29) is 5.90 Å². The van der Waals surface area contributed by atoms with Gasteiger partial charge in [0.2, 0.25) is 6.21 Å². The van der Waals surface area contributed by atoms with E-state index in [0.29, 0.717) is 5.56 Å². The number of hydrogen-bond acceptors (Lipinski definition) is 2. The average Bonchev–Trinajstić information content (AvgIpc) is 2.47. The zero-order valence-electron chi connectivity index (χ0n) is 11.4. The van der Waals surface area contributed by atoms with Crippen LogP contribution in [-0.4, -0.2) is 23.3 Å². The van der Waals surface area contributed by atoms with E-state index in [1.54, 1.807) is 16.8 Å². The van der Waals surface area contributed by atoms with Crippen LogP contribution in [0.3, 0.4) is 0 Å². The maximum absolute atomic E-state index is 12.1. The van der Waals surface area contributed by atoms with Gasteiger partial charge in [0, 0.05) is 12.0 Å². The van der Waals surface area contributed by atoms with Gasteiger partial charge in [-0.1, -0.05) is 52.7 Å². The third-order valence-electron chi connectivity index (χ3n) is 3.44. The summed E-state index contributed by atoms with van der Waals surface area (Å²) in [6.45, 7) is 2.81. The molecule has 1 aliphatic rings. The zero-order chi connectivity index (χ0) is 13.9. The second-order valence-corrected chi connectivity index (χ2v) is 5.02. The number of nitrogens with zero attached hydrogens (tertiary/aromatic N) is 2. The summed E-state index contributed by atoms with van der Waals surface area (Å²) in [6.07, 6.45) is 2.87. The van der Waals surface area contributed by atoms with Crippen molar-refractivity contribution in [2.24, 2.45) is 5.10 Å². The molecule has 1 aliphatic heterocycles. The van der Waals surface area contributed by atoms with Crippen molar-refractivity contribution in [2.45, 2.75) is 13.3 Å². The molecule has 0 fully saturated rings. The lowest BCUT2D eigenvalue weighted by Gasteiger charge is -2.12. The fourth-order valence-corrected chi connectivity index (χ4v) is 2.36. The van der Waals surface area contributed by atoms with Gasteiger partial charge in [0.25, 0.3) is 0 Å². The molecule has 0 radical (unpaired) electrons. The quantitative estimate of drug-likeness (QED) is 0.462.